The van der Waals surface area contributed by atoms with Crippen molar-refractivity contribution >= 4 is 49.7 Å². The molecule has 0 aliphatic carbocycles. The van der Waals surface area contributed by atoms with Crippen molar-refractivity contribution in [3.63, 3.8) is 0 Å². The summed E-state index contributed by atoms with van der Waals surface area (Å²) in [4.78, 5) is 23.5. The summed E-state index contributed by atoms with van der Waals surface area (Å²) in [6, 6.07) is 8.07. The minimum Gasteiger partial charge on any atom is -0.450 e. The molecule has 1 aromatic heterocycles. The normalized spacial score (nSPS) is 11.4. The van der Waals surface area contributed by atoms with Gasteiger partial charge in [-0.1, -0.05) is 13.3 Å². The summed E-state index contributed by atoms with van der Waals surface area (Å²) in [5.41, 5.74) is 0.404. The van der Waals surface area contributed by atoms with Crippen LogP contribution in [0.15, 0.2) is 56.5 Å². The molecule has 0 saturated heterocycles. The summed E-state index contributed by atoms with van der Waals surface area (Å²) in [5.74, 6) is 0.100. The smallest absolute Gasteiger partial charge is 0.328 e. The van der Waals surface area contributed by atoms with Crippen LogP contribution in [0.5, 0.6) is 0 Å². The van der Waals surface area contributed by atoms with Crippen LogP contribution in [0, 0.1) is 0 Å². The molecule has 0 saturated carbocycles. The molecule has 3 amide bonds. The highest BCUT2D eigenvalue weighted by Gasteiger charge is 2.17. The summed E-state index contributed by atoms with van der Waals surface area (Å²) in [6.45, 7) is 2.35. The summed E-state index contributed by atoms with van der Waals surface area (Å²) >= 11 is 3.17. The van der Waals surface area contributed by atoms with Crippen molar-refractivity contribution in [1.82, 2.24) is 10.0 Å². The van der Waals surface area contributed by atoms with Gasteiger partial charge in [0.25, 0.3) is 10.0 Å². The summed E-state index contributed by atoms with van der Waals surface area (Å²) in [5, 5.41) is 5.07. The minimum absolute atomic E-state index is 0.0906. The third-order valence-corrected chi connectivity index (χ3v) is 5.24. The number of carbonyl (C=O) groups excluding carboxylic acids is 2. The first-order chi connectivity index (χ1) is 13.3. The summed E-state index contributed by atoms with van der Waals surface area (Å²) in [6.07, 6.45) is 4.43. The van der Waals surface area contributed by atoms with Gasteiger partial charge in [-0.25, -0.2) is 17.9 Å². The van der Waals surface area contributed by atoms with Crippen molar-refractivity contribution in [2.75, 3.05) is 11.9 Å². The van der Waals surface area contributed by atoms with E-state index in [1.165, 1.54) is 36.4 Å². The second-order valence-electron chi connectivity index (χ2n) is 5.70. The third-order valence-electron chi connectivity index (χ3n) is 3.47. The molecular weight excluding hydrogens is 450 g/mol. The Kier molecular flexibility index (Phi) is 7.82. The van der Waals surface area contributed by atoms with E-state index in [1.54, 1.807) is 12.1 Å². The Morgan fingerprint density at radius 1 is 1.14 bits per heavy atom. The number of rotatable bonds is 8. The predicted molar refractivity (Wildman–Crippen MR) is 109 cm³/mol. The van der Waals surface area contributed by atoms with Gasteiger partial charge in [0.05, 0.1) is 4.90 Å². The van der Waals surface area contributed by atoms with Crippen molar-refractivity contribution in [2.45, 2.75) is 24.7 Å². The molecule has 10 heteroatoms. The van der Waals surface area contributed by atoms with Crippen LogP contribution >= 0.6 is 15.9 Å². The number of hydrogen-bond donors (Lipinski definition) is 3. The largest absolute Gasteiger partial charge is 0.450 e. The number of unbranched alkanes of at least 4 members (excludes halogenated alkanes) is 1. The summed E-state index contributed by atoms with van der Waals surface area (Å²) in [7, 11) is -3.99. The van der Waals surface area contributed by atoms with E-state index >= 15 is 0 Å². The average Bonchev–Trinajstić information content (AvgIpc) is 3.06. The van der Waals surface area contributed by atoms with Gasteiger partial charge in [-0.15, -0.1) is 0 Å². The van der Waals surface area contributed by atoms with E-state index in [0.717, 1.165) is 12.8 Å². The van der Waals surface area contributed by atoms with Gasteiger partial charge < -0.3 is 15.1 Å². The molecule has 1 aromatic carbocycles. The monoisotopic (exact) mass is 469 g/mol. The number of carbonyl (C=O) groups is 2. The highest BCUT2D eigenvalue weighted by molar-refractivity contribution is 9.10. The van der Waals surface area contributed by atoms with Gasteiger partial charge in [-0.3, -0.25) is 4.79 Å². The van der Waals surface area contributed by atoms with Crippen LogP contribution in [0.3, 0.4) is 0 Å². The molecule has 150 valence electrons. The zero-order valence-electron chi connectivity index (χ0n) is 15.1. The number of furan rings is 1. The molecule has 1 heterocycles. The van der Waals surface area contributed by atoms with E-state index in [-0.39, 0.29) is 4.90 Å². The third kappa shape index (κ3) is 6.86. The Bertz CT molecular complexity index is 952. The molecule has 2 rings (SSSR count). The van der Waals surface area contributed by atoms with Crippen LogP contribution in [0.2, 0.25) is 0 Å². The first kappa shape index (κ1) is 21.7. The Balaban J connectivity index is 1.93. The topological polar surface area (TPSA) is 118 Å². The van der Waals surface area contributed by atoms with E-state index in [2.05, 4.69) is 26.6 Å². The van der Waals surface area contributed by atoms with Crippen molar-refractivity contribution in [3.8, 4) is 0 Å². The number of halogens is 1. The fraction of sp³-hybridized carbons (Fsp3) is 0.222. The van der Waals surface area contributed by atoms with Crippen LogP contribution < -0.4 is 15.4 Å². The highest BCUT2D eigenvalue weighted by Crippen LogP contribution is 2.16. The molecule has 3 N–H and O–H groups in total. The van der Waals surface area contributed by atoms with E-state index in [9.17, 15) is 18.0 Å². The van der Waals surface area contributed by atoms with Crippen LogP contribution in [-0.2, 0) is 14.8 Å². The number of anilines is 1. The Labute approximate surface area is 171 Å². The molecule has 0 atom stereocenters. The molecule has 28 heavy (non-hydrogen) atoms. The van der Waals surface area contributed by atoms with E-state index in [0.29, 0.717) is 22.7 Å². The van der Waals surface area contributed by atoms with Gasteiger partial charge in [-0.05, 0) is 64.8 Å². The van der Waals surface area contributed by atoms with Gasteiger partial charge in [0.1, 0.15) is 5.76 Å². The van der Waals surface area contributed by atoms with Gasteiger partial charge in [0.15, 0.2) is 4.67 Å². The molecule has 0 bridgehead atoms. The molecule has 0 radical (unpaired) electrons. The molecule has 8 nitrogen and oxygen atoms in total. The zero-order valence-corrected chi connectivity index (χ0v) is 17.5. The highest BCUT2D eigenvalue weighted by atomic mass is 79.9. The fourth-order valence-electron chi connectivity index (χ4n) is 2.07. The molecule has 0 fully saturated rings. The lowest BCUT2D eigenvalue weighted by atomic mass is 10.3. The quantitative estimate of drug-likeness (QED) is 0.403. The maximum absolute atomic E-state index is 12.2. The number of hydrogen-bond acceptors (Lipinski definition) is 5. The number of sulfonamides is 1. The SMILES string of the molecule is CCCCNC(=O)NS(=O)(=O)c1ccc(NC(=O)/C=C/c2ccc(Br)o2)cc1. The van der Waals surface area contributed by atoms with Gasteiger partial charge in [0, 0.05) is 18.3 Å². The number of nitrogens with one attached hydrogen (secondary N) is 3. The van der Waals surface area contributed by atoms with Crippen LogP contribution in [0.25, 0.3) is 6.08 Å². The second-order valence-corrected chi connectivity index (χ2v) is 8.17. The standard InChI is InChI=1S/C18H20BrN3O5S/c1-2-3-12-20-18(24)22-28(25,26)15-8-4-13(5-9-15)21-17(23)11-7-14-6-10-16(19)27-14/h4-11H,2-3,12H2,1H3,(H,21,23)(H2,20,22,24)/b11-7+. The van der Waals surface area contributed by atoms with E-state index < -0.39 is 22.0 Å². The molecular formula is C18H20BrN3O5S. The lowest BCUT2D eigenvalue weighted by molar-refractivity contribution is -0.111. The number of amides is 3. The van der Waals surface area contributed by atoms with Crippen LogP contribution in [0.4, 0.5) is 10.5 Å². The van der Waals surface area contributed by atoms with E-state index in [4.69, 9.17) is 4.42 Å². The first-order valence-electron chi connectivity index (χ1n) is 8.45. The molecule has 0 aliphatic rings. The first-order valence-corrected chi connectivity index (χ1v) is 10.7. The number of urea groups is 1. The Hall–Kier alpha value is -2.59. The second kappa shape index (κ2) is 10.1. The maximum Gasteiger partial charge on any atom is 0.328 e. The summed E-state index contributed by atoms with van der Waals surface area (Å²) < 4.78 is 32.1. The van der Waals surface area contributed by atoms with Crippen LogP contribution in [0.1, 0.15) is 25.5 Å². The zero-order chi connectivity index (χ0) is 20.6. The van der Waals surface area contributed by atoms with Gasteiger partial charge in [0.2, 0.25) is 5.91 Å². The lowest BCUT2D eigenvalue weighted by Gasteiger charge is -2.09. The lowest BCUT2D eigenvalue weighted by Crippen LogP contribution is -2.39. The molecule has 0 aliphatic heterocycles. The van der Waals surface area contributed by atoms with E-state index in [1.807, 2.05) is 11.6 Å². The maximum atomic E-state index is 12.2. The molecule has 0 unspecified atom stereocenters. The van der Waals surface area contributed by atoms with Crippen molar-refractivity contribution < 1.29 is 22.4 Å². The Morgan fingerprint density at radius 2 is 1.86 bits per heavy atom. The minimum atomic E-state index is -3.99. The Morgan fingerprint density at radius 3 is 2.46 bits per heavy atom. The van der Waals surface area contributed by atoms with Crippen molar-refractivity contribution in [3.05, 3.63) is 52.9 Å². The fourth-order valence-corrected chi connectivity index (χ4v) is 3.32. The van der Waals surface area contributed by atoms with Crippen LogP contribution in [-0.4, -0.2) is 26.9 Å². The average molecular weight is 470 g/mol. The van der Waals surface area contributed by atoms with Gasteiger partial charge >= 0.3 is 6.03 Å². The van der Waals surface area contributed by atoms with Gasteiger partial charge in [-0.2, -0.15) is 0 Å². The van der Waals surface area contributed by atoms with Crippen molar-refractivity contribution in [2.24, 2.45) is 0 Å². The molecule has 0 spiro atoms. The molecule has 2 aromatic rings. The predicted octanol–water partition coefficient (Wildman–Crippen LogP) is 3.48. The van der Waals surface area contributed by atoms with Crippen molar-refractivity contribution in [1.29, 1.82) is 0 Å². The number of benzene rings is 1.